The summed E-state index contributed by atoms with van der Waals surface area (Å²) in [6.45, 7) is 3.64. The van der Waals surface area contributed by atoms with Gasteiger partial charge in [-0.3, -0.25) is 9.36 Å². The number of thiazole rings is 1. The molecule has 5 rings (SSSR count). The van der Waals surface area contributed by atoms with Gasteiger partial charge in [0, 0.05) is 28.3 Å². The number of furan rings is 1. The Bertz CT molecular complexity index is 1780. The zero-order chi connectivity index (χ0) is 27.7. The summed E-state index contributed by atoms with van der Waals surface area (Å²) in [5.41, 5.74) is 1.83. The Labute approximate surface area is 233 Å². The van der Waals surface area contributed by atoms with Crippen LogP contribution in [0.4, 0.5) is 0 Å². The van der Waals surface area contributed by atoms with Crippen LogP contribution in [-0.2, 0) is 9.53 Å². The number of carbonyl (C=O) groups excluding carboxylic acids is 1. The van der Waals surface area contributed by atoms with Gasteiger partial charge in [-0.1, -0.05) is 35.1 Å². The van der Waals surface area contributed by atoms with E-state index in [0.29, 0.717) is 48.6 Å². The number of esters is 1. The average molecular weight is 565 g/mol. The maximum atomic E-state index is 13.9. The van der Waals surface area contributed by atoms with E-state index in [9.17, 15) is 9.59 Å². The lowest BCUT2D eigenvalue weighted by Gasteiger charge is -2.26. The van der Waals surface area contributed by atoms with Crippen molar-refractivity contribution in [3.05, 3.63) is 102 Å². The van der Waals surface area contributed by atoms with Crippen molar-refractivity contribution in [1.82, 2.24) is 4.57 Å². The molecule has 3 heterocycles. The highest BCUT2D eigenvalue weighted by Gasteiger charge is 2.35. The van der Waals surface area contributed by atoms with Crippen molar-refractivity contribution in [2.24, 2.45) is 4.99 Å². The number of fused-ring (bicyclic) bond motifs is 1. The fourth-order valence-electron chi connectivity index (χ4n) is 4.49. The first-order valence-corrected chi connectivity index (χ1v) is 13.3. The normalized spacial score (nSPS) is 15.1. The van der Waals surface area contributed by atoms with Crippen LogP contribution in [0.15, 0.2) is 80.1 Å². The van der Waals surface area contributed by atoms with Crippen molar-refractivity contribution in [1.29, 1.82) is 0 Å². The van der Waals surface area contributed by atoms with Crippen LogP contribution < -0.4 is 24.4 Å². The third kappa shape index (κ3) is 5.03. The zero-order valence-corrected chi connectivity index (χ0v) is 23.3. The van der Waals surface area contributed by atoms with E-state index >= 15 is 0 Å². The second-order valence-electron chi connectivity index (χ2n) is 8.62. The molecule has 0 radical (unpaired) electrons. The van der Waals surface area contributed by atoms with Gasteiger partial charge in [0.05, 0.1) is 36.6 Å². The lowest BCUT2D eigenvalue weighted by atomic mass is 9.95. The molecule has 8 nitrogen and oxygen atoms in total. The summed E-state index contributed by atoms with van der Waals surface area (Å²) in [5.74, 6) is 1.61. The summed E-state index contributed by atoms with van der Waals surface area (Å²) in [4.78, 5) is 32.1. The van der Waals surface area contributed by atoms with Gasteiger partial charge in [0.2, 0.25) is 0 Å². The van der Waals surface area contributed by atoms with E-state index in [4.69, 9.17) is 30.2 Å². The van der Waals surface area contributed by atoms with Crippen molar-refractivity contribution >= 4 is 35.0 Å². The smallest absolute Gasteiger partial charge is 0.338 e. The van der Waals surface area contributed by atoms with Crippen molar-refractivity contribution in [2.75, 3.05) is 20.8 Å². The molecule has 0 fully saturated rings. The number of carbonyl (C=O) groups is 1. The van der Waals surface area contributed by atoms with Crippen molar-refractivity contribution in [2.45, 2.75) is 19.9 Å². The van der Waals surface area contributed by atoms with Crippen LogP contribution >= 0.6 is 22.9 Å². The number of allylic oxidation sites excluding steroid dienone is 1. The third-order valence-corrected chi connectivity index (χ3v) is 7.48. The van der Waals surface area contributed by atoms with Gasteiger partial charge in [0.25, 0.3) is 5.56 Å². The summed E-state index contributed by atoms with van der Waals surface area (Å²) in [6.07, 6.45) is 1.67. The van der Waals surface area contributed by atoms with E-state index in [1.165, 1.54) is 23.0 Å². The van der Waals surface area contributed by atoms with E-state index in [1.54, 1.807) is 63.4 Å². The number of methoxy groups -OCH3 is 2. The first kappa shape index (κ1) is 26.5. The Morgan fingerprint density at radius 3 is 2.69 bits per heavy atom. The lowest BCUT2D eigenvalue weighted by Crippen LogP contribution is -2.40. The minimum Gasteiger partial charge on any atom is -0.497 e. The molecular weight excluding hydrogens is 540 g/mol. The topological polar surface area (TPSA) is 92.3 Å². The number of hydrogen-bond acceptors (Lipinski definition) is 8. The highest BCUT2D eigenvalue weighted by molar-refractivity contribution is 7.07. The van der Waals surface area contributed by atoms with Crippen LogP contribution in [0.2, 0.25) is 5.02 Å². The lowest BCUT2D eigenvalue weighted by molar-refractivity contribution is -0.139. The molecule has 2 aromatic heterocycles. The largest absolute Gasteiger partial charge is 0.497 e. The van der Waals surface area contributed by atoms with E-state index in [-0.39, 0.29) is 17.7 Å². The monoisotopic (exact) mass is 564 g/mol. The standard InChI is InChI=1S/C29H25ClN2O6S/c1-5-37-28(34)25-16(2)31-29-32(26(25)21-11-9-19(35-3)14-23(21)36-4)27(33)24(39-29)15-20-10-12-22(38-20)17-7-6-8-18(30)13-17/h6-15,26H,5H2,1-4H3/b24-15-/t26-/m1/s1. The number of halogens is 1. The van der Waals surface area contributed by atoms with Gasteiger partial charge in [-0.2, -0.15) is 0 Å². The van der Waals surface area contributed by atoms with Gasteiger partial charge >= 0.3 is 5.97 Å². The number of nitrogens with zero attached hydrogens (tertiary/aromatic N) is 2. The minimum atomic E-state index is -0.818. The van der Waals surface area contributed by atoms with Crippen LogP contribution in [0, 0.1) is 0 Å². The number of hydrogen-bond donors (Lipinski definition) is 0. The van der Waals surface area contributed by atoms with Gasteiger partial charge in [0.15, 0.2) is 4.80 Å². The molecule has 0 N–H and O–H groups in total. The van der Waals surface area contributed by atoms with Crippen LogP contribution in [0.5, 0.6) is 11.5 Å². The van der Waals surface area contributed by atoms with E-state index < -0.39 is 12.0 Å². The highest BCUT2D eigenvalue weighted by atomic mass is 35.5. The minimum absolute atomic E-state index is 0.181. The second kappa shape index (κ2) is 11.0. The molecule has 1 atom stereocenters. The van der Waals surface area contributed by atoms with Crippen molar-refractivity contribution in [3.63, 3.8) is 0 Å². The second-order valence-corrected chi connectivity index (χ2v) is 10.1. The molecule has 0 spiro atoms. The molecule has 0 bridgehead atoms. The summed E-state index contributed by atoms with van der Waals surface area (Å²) in [6, 6.07) is 15.4. The number of ether oxygens (including phenoxy) is 3. The number of aromatic nitrogens is 1. The molecular formula is C29H25ClN2O6S. The highest BCUT2D eigenvalue weighted by Crippen LogP contribution is 2.37. The molecule has 2 aromatic carbocycles. The molecule has 4 aromatic rings. The zero-order valence-electron chi connectivity index (χ0n) is 21.7. The molecule has 0 aliphatic carbocycles. The van der Waals surface area contributed by atoms with E-state index in [2.05, 4.69) is 4.99 Å². The van der Waals surface area contributed by atoms with Crippen LogP contribution in [0.25, 0.3) is 17.4 Å². The van der Waals surface area contributed by atoms with Gasteiger partial charge in [-0.25, -0.2) is 9.79 Å². The quantitative estimate of drug-likeness (QED) is 0.301. The molecule has 10 heteroatoms. The Morgan fingerprint density at radius 2 is 1.97 bits per heavy atom. The maximum Gasteiger partial charge on any atom is 0.338 e. The fraction of sp³-hybridized carbons (Fsp3) is 0.207. The molecule has 39 heavy (non-hydrogen) atoms. The van der Waals surface area contributed by atoms with Crippen LogP contribution in [-0.4, -0.2) is 31.4 Å². The van der Waals surface area contributed by atoms with Gasteiger partial charge in [-0.05, 0) is 50.2 Å². The summed E-state index contributed by atoms with van der Waals surface area (Å²) in [7, 11) is 3.08. The molecule has 0 amide bonds. The number of rotatable bonds is 7. The Balaban J connectivity index is 1.67. The third-order valence-electron chi connectivity index (χ3n) is 6.26. The van der Waals surface area contributed by atoms with Gasteiger partial charge < -0.3 is 18.6 Å². The number of benzene rings is 2. The van der Waals surface area contributed by atoms with Gasteiger partial charge in [-0.15, -0.1) is 0 Å². The molecule has 1 aliphatic rings. The predicted molar refractivity (Wildman–Crippen MR) is 149 cm³/mol. The SMILES string of the molecule is CCOC(=O)C1=C(C)N=c2s/c(=C\c3ccc(-c4cccc(Cl)c4)o3)c(=O)n2[C@@H]1c1ccc(OC)cc1OC. The van der Waals surface area contributed by atoms with Gasteiger partial charge in [0.1, 0.15) is 29.1 Å². The van der Waals surface area contributed by atoms with Crippen LogP contribution in [0.3, 0.4) is 0 Å². The molecule has 1 aliphatic heterocycles. The van der Waals surface area contributed by atoms with E-state index in [1.807, 2.05) is 18.2 Å². The summed E-state index contributed by atoms with van der Waals surface area (Å²) < 4.78 is 24.3. The summed E-state index contributed by atoms with van der Waals surface area (Å²) >= 11 is 7.33. The Kier molecular flexibility index (Phi) is 7.45. The Morgan fingerprint density at radius 1 is 1.15 bits per heavy atom. The van der Waals surface area contributed by atoms with Crippen molar-refractivity contribution in [3.8, 4) is 22.8 Å². The first-order chi connectivity index (χ1) is 18.8. The average Bonchev–Trinajstić information content (AvgIpc) is 3.52. The molecule has 200 valence electrons. The predicted octanol–water partition coefficient (Wildman–Crippen LogP) is 4.73. The Hall–Kier alpha value is -4.08. The fourth-order valence-corrected chi connectivity index (χ4v) is 5.70. The molecule has 0 saturated carbocycles. The van der Waals surface area contributed by atoms with Crippen molar-refractivity contribution < 1.29 is 23.4 Å². The van der Waals surface area contributed by atoms with Crippen LogP contribution in [0.1, 0.15) is 31.2 Å². The molecule has 0 unspecified atom stereocenters. The van der Waals surface area contributed by atoms with E-state index in [0.717, 1.165) is 5.56 Å². The maximum absolute atomic E-state index is 13.9. The first-order valence-electron chi connectivity index (χ1n) is 12.1. The summed E-state index contributed by atoms with van der Waals surface area (Å²) in [5, 5.41) is 0.598. The molecule has 0 saturated heterocycles.